The van der Waals surface area contributed by atoms with Crippen LogP contribution in [0.1, 0.15) is 15.5 Å². The van der Waals surface area contributed by atoms with Crippen molar-refractivity contribution in [1.29, 1.82) is 0 Å². The average molecular weight is 285 g/mol. The lowest BCUT2D eigenvalue weighted by atomic mass is 10.1. The SMILES string of the molecule is Cc1nc(-c2cccc(NC(=O)c3cn[nH]n3)c2)cs1. The van der Waals surface area contributed by atoms with Crippen molar-refractivity contribution in [2.24, 2.45) is 0 Å². The third-order valence-electron chi connectivity index (χ3n) is 2.68. The molecule has 0 saturated carbocycles. The number of carbonyl (C=O) groups excluding carboxylic acids is 1. The standard InChI is InChI=1S/C13H11N5OS/c1-8-15-12(7-20-8)9-3-2-4-10(5-9)16-13(19)11-6-14-18-17-11/h2-7H,1H3,(H,16,19)(H,14,17,18). The van der Waals surface area contributed by atoms with Crippen molar-refractivity contribution in [3.8, 4) is 11.3 Å². The van der Waals surface area contributed by atoms with Gasteiger partial charge in [0.25, 0.3) is 5.91 Å². The van der Waals surface area contributed by atoms with E-state index >= 15 is 0 Å². The van der Waals surface area contributed by atoms with Gasteiger partial charge in [-0.1, -0.05) is 12.1 Å². The first-order valence-corrected chi connectivity index (χ1v) is 6.80. The number of aryl methyl sites for hydroxylation is 1. The van der Waals surface area contributed by atoms with Gasteiger partial charge in [-0.15, -0.1) is 11.3 Å². The predicted molar refractivity (Wildman–Crippen MR) is 76.6 cm³/mol. The molecule has 2 N–H and O–H groups in total. The van der Waals surface area contributed by atoms with Gasteiger partial charge in [0.15, 0.2) is 5.69 Å². The van der Waals surface area contributed by atoms with Crippen LogP contribution in [-0.2, 0) is 0 Å². The summed E-state index contributed by atoms with van der Waals surface area (Å²) in [7, 11) is 0. The molecule has 0 bridgehead atoms. The van der Waals surface area contributed by atoms with Crippen molar-refractivity contribution in [1.82, 2.24) is 20.4 Å². The van der Waals surface area contributed by atoms with Gasteiger partial charge in [-0.3, -0.25) is 4.79 Å². The summed E-state index contributed by atoms with van der Waals surface area (Å²) in [6, 6.07) is 7.54. The number of nitrogens with one attached hydrogen (secondary N) is 2. The van der Waals surface area contributed by atoms with E-state index in [0.29, 0.717) is 5.69 Å². The van der Waals surface area contributed by atoms with Crippen LogP contribution in [0.5, 0.6) is 0 Å². The van der Waals surface area contributed by atoms with Crippen LogP contribution in [-0.4, -0.2) is 26.3 Å². The van der Waals surface area contributed by atoms with Gasteiger partial charge in [-0.2, -0.15) is 15.4 Å². The van der Waals surface area contributed by atoms with Gasteiger partial charge in [0.2, 0.25) is 0 Å². The number of rotatable bonds is 3. The zero-order valence-electron chi connectivity index (χ0n) is 10.6. The molecule has 3 aromatic rings. The molecule has 0 aliphatic heterocycles. The molecule has 0 saturated heterocycles. The lowest BCUT2D eigenvalue weighted by Gasteiger charge is -2.04. The molecule has 20 heavy (non-hydrogen) atoms. The molecule has 0 spiro atoms. The fourth-order valence-corrected chi connectivity index (χ4v) is 2.38. The number of thiazole rings is 1. The number of hydrogen-bond acceptors (Lipinski definition) is 5. The Labute approximate surface area is 118 Å². The second-order valence-corrected chi connectivity index (χ2v) is 5.20. The molecule has 0 aliphatic carbocycles. The molecular weight excluding hydrogens is 274 g/mol. The lowest BCUT2D eigenvalue weighted by molar-refractivity contribution is 0.102. The third-order valence-corrected chi connectivity index (χ3v) is 3.46. The van der Waals surface area contributed by atoms with E-state index in [1.54, 1.807) is 11.3 Å². The number of hydrogen-bond donors (Lipinski definition) is 2. The molecule has 0 unspecified atom stereocenters. The minimum Gasteiger partial charge on any atom is -0.321 e. The smallest absolute Gasteiger partial charge is 0.277 e. The Bertz CT molecular complexity index is 735. The number of nitrogens with zero attached hydrogens (tertiary/aromatic N) is 3. The molecule has 1 aromatic carbocycles. The fourth-order valence-electron chi connectivity index (χ4n) is 1.76. The largest absolute Gasteiger partial charge is 0.321 e. The van der Waals surface area contributed by atoms with Gasteiger partial charge in [0, 0.05) is 16.6 Å². The Kier molecular flexibility index (Phi) is 3.26. The van der Waals surface area contributed by atoms with Crippen LogP contribution in [0.15, 0.2) is 35.8 Å². The van der Waals surface area contributed by atoms with Gasteiger partial charge in [-0.05, 0) is 19.1 Å². The average Bonchev–Trinajstić information content (AvgIpc) is 3.10. The van der Waals surface area contributed by atoms with E-state index < -0.39 is 0 Å². The normalized spacial score (nSPS) is 10.4. The summed E-state index contributed by atoms with van der Waals surface area (Å²) in [4.78, 5) is 16.3. The monoisotopic (exact) mass is 285 g/mol. The predicted octanol–water partition coefficient (Wildman–Crippen LogP) is 2.49. The van der Waals surface area contributed by atoms with Crippen LogP contribution < -0.4 is 5.32 Å². The molecule has 6 nitrogen and oxygen atoms in total. The van der Waals surface area contributed by atoms with E-state index in [9.17, 15) is 4.79 Å². The van der Waals surface area contributed by atoms with Crippen LogP contribution in [0, 0.1) is 6.92 Å². The number of aromatic amines is 1. The Hall–Kier alpha value is -2.54. The molecule has 1 amide bonds. The number of amides is 1. The highest BCUT2D eigenvalue weighted by Crippen LogP contribution is 2.24. The fraction of sp³-hybridized carbons (Fsp3) is 0.0769. The van der Waals surface area contributed by atoms with Gasteiger partial charge >= 0.3 is 0 Å². The van der Waals surface area contributed by atoms with Crippen molar-refractivity contribution in [3.05, 3.63) is 46.5 Å². The van der Waals surface area contributed by atoms with Crippen LogP contribution in [0.25, 0.3) is 11.3 Å². The van der Waals surface area contributed by atoms with Crippen molar-refractivity contribution < 1.29 is 4.79 Å². The summed E-state index contributed by atoms with van der Waals surface area (Å²) in [5.74, 6) is -0.301. The number of H-pyrrole nitrogens is 1. The van der Waals surface area contributed by atoms with E-state index in [2.05, 4.69) is 25.7 Å². The second-order valence-electron chi connectivity index (χ2n) is 4.14. The summed E-state index contributed by atoms with van der Waals surface area (Å²) >= 11 is 1.60. The molecule has 2 aromatic heterocycles. The Morgan fingerprint density at radius 2 is 2.30 bits per heavy atom. The Balaban J connectivity index is 1.83. The third kappa shape index (κ3) is 2.57. The number of aromatic nitrogens is 4. The molecule has 0 fully saturated rings. The zero-order valence-corrected chi connectivity index (χ0v) is 11.4. The maximum atomic E-state index is 11.9. The van der Waals surface area contributed by atoms with Crippen molar-refractivity contribution in [2.45, 2.75) is 6.92 Å². The van der Waals surface area contributed by atoms with Crippen LogP contribution >= 0.6 is 11.3 Å². The maximum absolute atomic E-state index is 11.9. The van der Waals surface area contributed by atoms with Gasteiger partial charge in [0.1, 0.15) is 0 Å². The summed E-state index contributed by atoms with van der Waals surface area (Å²) < 4.78 is 0. The highest BCUT2D eigenvalue weighted by Gasteiger charge is 2.09. The first kappa shape index (κ1) is 12.5. The zero-order chi connectivity index (χ0) is 13.9. The topological polar surface area (TPSA) is 83.6 Å². The Morgan fingerprint density at radius 1 is 1.40 bits per heavy atom. The van der Waals surface area contributed by atoms with Crippen LogP contribution in [0.4, 0.5) is 5.69 Å². The molecular formula is C13H11N5OS. The maximum Gasteiger partial charge on any atom is 0.277 e. The van der Waals surface area contributed by atoms with Gasteiger partial charge in [-0.25, -0.2) is 4.98 Å². The highest BCUT2D eigenvalue weighted by molar-refractivity contribution is 7.09. The minimum atomic E-state index is -0.301. The van der Waals surface area contributed by atoms with E-state index in [-0.39, 0.29) is 11.6 Å². The quantitative estimate of drug-likeness (QED) is 0.774. The van der Waals surface area contributed by atoms with Crippen molar-refractivity contribution in [2.75, 3.05) is 5.32 Å². The summed E-state index contributed by atoms with van der Waals surface area (Å²) in [5, 5.41) is 15.5. The van der Waals surface area contributed by atoms with Gasteiger partial charge < -0.3 is 5.32 Å². The molecule has 100 valence electrons. The first-order chi connectivity index (χ1) is 9.72. The molecule has 0 radical (unpaired) electrons. The molecule has 0 atom stereocenters. The molecule has 3 rings (SSSR count). The highest BCUT2D eigenvalue weighted by atomic mass is 32.1. The first-order valence-electron chi connectivity index (χ1n) is 5.92. The van der Waals surface area contributed by atoms with E-state index in [1.165, 1.54) is 6.20 Å². The summed E-state index contributed by atoms with van der Waals surface area (Å²) in [6.45, 7) is 1.96. The summed E-state index contributed by atoms with van der Waals surface area (Å²) in [5.41, 5.74) is 2.82. The molecule has 0 aliphatic rings. The number of anilines is 1. The molecule has 2 heterocycles. The number of carbonyl (C=O) groups is 1. The van der Waals surface area contributed by atoms with E-state index in [4.69, 9.17) is 0 Å². The minimum absolute atomic E-state index is 0.250. The van der Waals surface area contributed by atoms with Crippen LogP contribution in [0.2, 0.25) is 0 Å². The second kappa shape index (κ2) is 5.22. The number of benzene rings is 1. The Morgan fingerprint density at radius 3 is 3.00 bits per heavy atom. The van der Waals surface area contributed by atoms with Crippen molar-refractivity contribution >= 4 is 22.9 Å². The lowest BCUT2D eigenvalue weighted by Crippen LogP contribution is -2.12. The van der Waals surface area contributed by atoms with Gasteiger partial charge in [0.05, 0.1) is 16.9 Å². The molecule has 7 heteroatoms. The summed E-state index contributed by atoms with van der Waals surface area (Å²) in [6.07, 6.45) is 1.38. The van der Waals surface area contributed by atoms with Crippen molar-refractivity contribution in [3.63, 3.8) is 0 Å². The van der Waals surface area contributed by atoms with E-state index in [0.717, 1.165) is 16.3 Å². The van der Waals surface area contributed by atoms with Crippen LogP contribution in [0.3, 0.4) is 0 Å². The van der Waals surface area contributed by atoms with E-state index in [1.807, 2.05) is 36.6 Å².